The highest BCUT2D eigenvalue weighted by molar-refractivity contribution is 5.74. The van der Waals surface area contributed by atoms with Crippen molar-refractivity contribution in [2.24, 2.45) is 5.92 Å². The number of urea groups is 1. The Balaban J connectivity index is 1.82. The fourth-order valence-electron chi connectivity index (χ4n) is 2.02. The van der Waals surface area contributed by atoms with Crippen molar-refractivity contribution >= 4 is 6.03 Å². The number of carbonyl (C=O) groups is 1. The Morgan fingerprint density at radius 3 is 2.94 bits per heavy atom. The number of pyridine rings is 1. The summed E-state index contributed by atoms with van der Waals surface area (Å²) in [7, 11) is 0. The maximum Gasteiger partial charge on any atom is 0.317 e. The van der Waals surface area contributed by atoms with Gasteiger partial charge >= 0.3 is 6.03 Å². The Bertz CT molecular complexity index is 396. The summed E-state index contributed by atoms with van der Waals surface area (Å²) >= 11 is 0. The van der Waals surface area contributed by atoms with Gasteiger partial charge in [0.05, 0.1) is 6.10 Å². The van der Waals surface area contributed by atoms with E-state index >= 15 is 0 Å². The van der Waals surface area contributed by atoms with Crippen LogP contribution in [-0.2, 0) is 6.54 Å². The normalized spacial score (nSPS) is 23.8. The lowest BCUT2D eigenvalue weighted by Gasteiger charge is -2.34. The highest BCUT2D eigenvalue weighted by Crippen LogP contribution is 2.16. The van der Waals surface area contributed by atoms with E-state index in [0.717, 1.165) is 12.0 Å². The molecule has 5 nitrogen and oxygen atoms in total. The maximum atomic E-state index is 11.9. The van der Waals surface area contributed by atoms with E-state index in [4.69, 9.17) is 0 Å². The van der Waals surface area contributed by atoms with Crippen LogP contribution in [0.5, 0.6) is 0 Å². The largest absolute Gasteiger partial charge is 0.391 e. The van der Waals surface area contributed by atoms with Gasteiger partial charge in [0, 0.05) is 32.0 Å². The molecule has 2 heterocycles. The van der Waals surface area contributed by atoms with Gasteiger partial charge in [-0.25, -0.2) is 4.79 Å². The number of nitrogens with one attached hydrogen (secondary N) is 1. The molecule has 1 aliphatic heterocycles. The van der Waals surface area contributed by atoms with E-state index < -0.39 is 6.10 Å². The fourth-order valence-corrected chi connectivity index (χ4v) is 2.02. The number of rotatable bonds is 2. The summed E-state index contributed by atoms with van der Waals surface area (Å²) in [6.07, 6.45) is 3.84. The summed E-state index contributed by atoms with van der Waals surface area (Å²) in [5, 5.41) is 12.6. The lowest BCUT2D eigenvalue weighted by molar-refractivity contribution is 0.0435. The summed E-state index contributed by atoms with van der Waals surface area (Å²) in [5.74, 6) is 0.272. The van der Waals surface area contributed by atoms with Crippen LogP contribution in [0.15, 0.2) is 24.5 Å². The zero-order valence-electron chi connectivity index (χ0n) is 10.5. The lowest BCUT2D eigenvalue weighted by atomic mass is 9.96. The molecule has 2 amide bonds. The summed E-state index contributed by atoms with van der Waals surface area (Å²) in [4.78, 5) is 17.5. The predicted molar refractivity (Wildman–Crippen MR) is 67.8 cm³/mol. The minimum absolute atomic E-state index is 0.113. The molecule has 0 aromatic carbocycles. The fraction of sp³-hybridized carbons (Fsp3) is 0.538. The molecule has 2 unspecified atom stereocenters. The zero-order valence-corrected chi connectivity index (χ0v) is 10.5. The Labute approximate surface area is 107 Å². The van der Waals surface area contributed by atoms with Gasteiger partial charge < -0.3 is 15.3 Å². The third kappa shape index (κ3) is 3.20. The van der Waals surface area contributed by atoms with Crippen molar-refractivity contribution in [1.82, 2.24) is 15.2 Å². The standard InChI is InChI=1S/C13H19N3O2/c1-10-4-7-16(9-12(10)17)13(18)15-8-11-2-5-14-6-3-11/h2-3,5-6,10,12,17H,4,7-9H2,1H3,(H,15,18). The third-order valence-corrected chi connectivity index (χ3v) is 3.40. The van der Waals surface area contributed by atoms with Crippen LogP contribution in [0.25, 0.3) is 0 Å². The van der Waals surface area contributed by atoms with Crippen molar-refractivity contribution in [2.45, 2.75) is 26.0 Å². The first-order valence-electron chi connectivity index (χ1n) is 6.26. The number of amides is 2. The van der Waals surface area contributed by atoms with Crippen LogP contribution in [0.3, 0.4) is 0 Å². The Kier molecular flexibility index (Phi) is 4.15. The molecule has 1 aliphatic rings. The first kappa shape index (κ1) is 12.8. The molecule has 0 saturated carbocycles. The molecular formula is C13H19N3O2. The van der Waals surface area contributed by atoms with Gasteiger partial charge in [0.1, 0.15) is 0 Å². The van der Waals surface area contributed by atoms with Gasteiger partial charge in [0.15, 0.2) is 0 Å². The van der Waals surface area contributed by atoms with E-state index in [1.54, 1.807) is 17.3 Å². The lowest BCUT2D eigenvalue weighted by Crippen LogP contribution is -2.49. The number of piperidine rings is 1. The average Bonchev–Trinajstić information content (AvgIpc) is 2.40. The van der Waals surface area contributed by atoms with Crippen LogP contribution in [-0.4, -0.2) is 40.2 Å². The highest BCUT2D eigenvalue weighted by Gasteiger charge is 2.26. The quantitative estimate of drug-likeness (QED) is 0.821. The molecule has 0 bridgehead atoms. The van der Waals surface area contributed by atoms with Gasteiger partial charge in [-0.05, 0) is 30.0 Å². The summed E-state index contributed by atoms with van der Waals surface area (Å²) in [6.45, 7) is 3.63. The number of aliphatic hydroxyl groups excluding tert-OH is 1. The van der Waals surface area contributed by atoms with Crippen LogP contribution in [0.1, 0.15) is 18.9 Å². The molecule has 0 aliphatic carbocycles. The van der Waals surface area contributed by atoms with Crippen molar-refractivity contribution in [2.75, 3.05) is 13.1 Å². The Morgan fingerprint density at radius 2 is 2.28 bits per heavy atom. The number of nitrogens with zero attached hydrogens (tertiary/aromatic N) is 2. The molecule has 18 heavy (non-hydrogen) atoms. The SMILES string of the molecule is CC1CCN(C(=O)NCc2ccncc2)CC1O. The van der Waals surface area contributed by atoms with Crippen molar-refractivity contribution < 1.29 is 9.90 Å². The number of hydrogen-bond donors (Lipinski definition) is 2. The third-order valence-electron chi connectivity index (χ3n) is 3.40. The minimum Gasteiger partial charge on any atom is -0.391 e. The molecule has 1 aromatic rings. The van der Waals surface area contributed by atoms with Crippen LogP contribution >= 0.6 is 0 Å². The number of likely N-dealkylation sites (tertiary alicyclic amines) is 1. The molecule has 2 atom stereocenters. The zero-order chi connectivity index (χ0) is 13.0. The second-order valence-corrected chi connectivity index (χ2v) is 4.79. The Hall–Kier alpha value is -1.62. The first-order valence-corrected chi connectivity index (χ1v) is 6.26. The smallest absolute Gasteiger partial charge is 0.317 e. The van der Waals surface area contributed by atoms with Crippen molar-refractivity contribution in [3.05, 3.63) is 30.1 Å². The molecule has 0 radical (unpaired) electrons. The van der Waals surface area contributed by atoms with E-state index in [0.29, 0.717) is 19.6 Å². The summed E-state index contributed by atoms with van der Waals surface area (Å²) in [5.41, 5.74) is 1.02. The molecule has 2 rings (SSSR count). The molecule has 98 valence electrons. The highest BCUT2D eigenvalue weighted by atomic mass is 16.3. The van der Waals surface area contributed by atoms with E-state index in [1.165, 1.54) is 0 Å². The number of hydrogen-bond acceptors (Lipinski definition) is 3. The van der Waals surface area contributed by atoms with Crippen LogP contribution in [0.2, 0.25) is 0 Å². The number of carbonyl (C=O) groups excluding carboxylic acids is 1. The molecule has 5 heteroatoms. The van der Waals surface area contributed by atoms with E-state index in [1.807, 2.05) is 19.1 Å². The van der Waals surface area contributed by atoms with Crippen molar-refractivity contribution in [3.63, 3.8) is 0 Å². The van der Waals surface area contributed by atoms with Gasteiger partial charge in [0.2, 0.25) is 0 Å². The average molecular weight is 249 g/mol. The van der Waals surface area contributed by atoms with E-state index in [9.17, 15) is 9.90 Å². The number of aromatic nitrogens is 1. The summed E-state index contributed by atoms with van der Waals surface area (Å²) in [6, 6.07) is 3.62. The van der Waals surface area contributed by atoms with Crippen LogP contribution in [0.4, 0.5) is 4.79 Å². The van der Waals surface area contributed by atoms with Gasteiger partial charge in [0.25, 0.3) is 0 Å². The summed E-state index contributed by atoms with van der Waals surface area (Å²) < 4.78 is 0. The second kappa shape index (κ2) is 5.82. The van der Waals surface area contributed by atoms with Crippen molar-refractivity contribution in [1.29, 1.82) is 0 Å². The van der Waals surface area contributed by atoms with Crippen LogP contribution < -0.4 is 5.32 Å². The van der Waals surface area contributed by atoms with Crippen LogP contribution in [0, 0.1) is 5.92 Å². The minimum atomic E-state index is -0.412. The number of β-amino-alcohol motifs (C(OH)–C–C–N with tert-alkyl or cyclic N) is 1. The Morgan fingerprint density at radius 1 is 1.56 bits per heavy atom. The second-order valence-electron chi connectivity index (χ2n) is 4.79. The van der Waals surface area contributed by atoms with Gasteiger partial charge in [-0.3, -0.25) is 4.98 Å². The molecule has 1 aromatic heterocycles. The molecular weight excluding hydrogens is 230 g/mol. The molecule has 1 fully saturated rings. The maximum absolute atomic E-state index is 11.9. The van der Waals surface area contributed by atoms with E-state index in [2.05, 4.69) is 10.3 Å². The van der Waals surface area contributed by atoms with Crippen molar-refractivity contribution in [3.8, 4) is 0 Å². The van der Waals surface area contributed by atoms with E-state index in [-0.39, 0.29) is 11.9 Å². The number of aliphatic hydroxyl groups is 1. The molecule has 2 N–H and O–H groups in total. The topological polar surface area (TPSA) is 65.5 Å². The van der Waals surface area contributed by atoms with Gasteiger partial charge in [-0.2, -0.15) is 0 Å². The molecule has 1 saturated heterocycles. The monoisotopic (exact) mass is 249 g/mol. The van der Waals surface area contributed by atoms with Gasteiger partial charge in [-0.1, -0.05) is 6.92 Å². The first-order chi connectivity index (χ1) is 8.66. The molecule has 0 spiro atoms. The van der Waals surface area contributed by atoms with Gasteiger partial charge in [-0.15, -0.1) is 0 Å². The predicted octanol–water partition coefficient (Wildman–Crippen LogP) is 0.994.